The summed E-state index contributed by atoms with van der Waals surface area (Å²) in [5.74, 6) is 0.555. The summed E-state index contributed by atoms with van der Waals surface area (Å²) in [6.45, 7) is 5.38. The van der Waals surface area contributed by atoms with Gasteiger partial charge in [0, 0.05) is 6.04 Å². The van der Waals surface area contributed by atoms with Crippen molar-refractivity contribution in [1.29, 1.82) is 0 Å². The van der Waals surface area contributed by atoms with Gasteiger partial charge in [-0.2, -0.15) is 0 Å². The van der Waals surface area contributed by atoms with Gasteiger partial charge in [0.25, 0.3) is 0 Å². The lowest BCUT2D eigenvalue weighted by molar-refractivity contribution is 0.531. The van der Waals surface area contributed by atoms with Gasteiger partial charge in [-0.25, -0.2) is 0 Å². The molecule has 2 aromatic carbocycles. The molecule has 0 amide bonds. The van der Waals surface area contributed by atoms with E-state index in [4.69, 9.17) is 23.2 Å². The molecule has 112 valence electrons. The van der Waals surface area contributed by atoms with Gasteiger partial charge in [-0.15, -0.1) is 0 Å². The number of benzene rings is 2. The van der Waals surface area contributed by atoms with E-state index in [9.17, 15) is 0 Å². The molecule has 1 N–H and O–H groups in total. The zero-order valence-corrected chi connectivity index (χ0v) is 14.0. The highest BCUT2D eigenvalue weighted by atomic mass is 35.5. The average molecular weight is 322 g/mol. The molecule has 1 nitrogen and oxygen atoms in total. The summed E-state index contributed by atoms with van der Waals surface area (Å²) >= 11 is 12.0. The van der Waals surface area contributed by atoms with Gasteiger partial charge in [0.1, 0.15) is 0 Å². The Morgan fingerprint density at radius 1 is 0.905 bits per heavy atom. The first-order valence-corrected chi connectivity index (χ1v) is 8.07. The van der Waals surface area contributed by atoms with Crippen LogP contribution in [-0.2, 0) is 0 Å². The lowest BCUT2D eigenvalue weighted by Crippen LogP contribution is -2.21. The summed E-state index contributed by atoms with van der Waals surface area (Å²) in [5.41, 5.74) is 2.55. The van der Waals surface area contributed by atoms with Crippen molar-refractivity contribution in [3.05, 3.63) is 69.7 Å². The fourth-order valence-electron chi connectivity index (χ4n) is 2.36. The monoisotopic (exact) mass is 321 g/mol. The van der Waals surface area contributed by atoms with Gasteiger partial charge in [0.05, 0.1) is 10.0 Å². The number of rotatable bonds is 6. The first-order chi connectivity index (χ1) is 10.1. The molecule has 0 aliphatic carbocycles. The SMILES string of the molecule is CC(CCNC(C)c1ccc(Cl)c(Cl)c1)c1ccccc1. The van der Waals surface area contributed by atoms with Crippen molar-refractivity contribution in [3.63, 3.8) is 0 Å². The van der Waals surface area contributed by atoms with Crippen molar-refractivity contribution in [2.75, 3.05) is 6.54 Å². The van der Waals surface area contributed by atoms with E-state index in [0.29, 0.717) is 16.0 Å². The van der Waals surface area contributed by atoms with Crippen molar-refractivity contribution < 1.29 is 0 Å². The molecular weight excluding hydrogens is 301 g/mol. The minimum atomic E-state index is 0.266. The maximum absolute atomic E-state index is 6.06. The molecule has 2 atom stereocenters. The summed E-state index contributed by atoms with van der Waals surface area (Å²) < 4.78 is 0. The fourth-order valence-corrected chi connectivity index (χ4v) is 2.67. The Kier molecular flexibility index (Phi) is 6.10. The minimum absolute atomic E-state index is 0.266. The van der Waals surface area contributed by atoms with E-state index >= 15 is 0 Å². The van der Waals surface area contributed by atoms with Gasteiger partial charge in [0.15, 0.2) is 0 Å². The van der Waals surface area contributed by atoms with E-state index < -0.39 is 0 Å². The smallest absolute Gasteiger partial charge is 0.0595 e. The van der Waals surface area contributed by atoms with Crippen LogP contribution in [0.15, 0.2) is 48.5 Å². The lowest BCUT2D eigenvalue weighted by Gasteiger charge is -2.17. The Morgan fingerprint density at radius 3 is 2.29 bits per heavy atom. The largest absolute Gasteiger partial charge is 0.310 e. The van der Waals surface area contributed by atoms with E-state index in [2.05, 4.69) is 49.5 Å². The van der Waals surface area contributed by atoms with Crippen LogP contribution in [0.4, 0.5) is 0 Å². The maximum Gasteiger partial charge on any atom is 0.0595 e. The molecule has 0 fully saturated rings. The molecule has 0 aliphatic rings. The van der Waals surface area contributed by atoms with Crippen LogP contribution in [0.25, 0.3) is 0 Å². The third kappa shape index (κ3) is 4.74. The van der Waals surface area contributed by atoms with Gasteiger partial charge < -0.3 is 5.32 Å². The Balaban J connectivity index is 1.84. The lowest BCUT2D eigenvalue weighted by atomic mass is 9.98. The van der Waals surface area contributed by atoms with E-state index in [-0.39, 0.29) is 6.04 Å². The molecule has 2 rings (SSSR count). The molecule has 0 aromatic heterocycles. The second-order valence-corrected chi connectivity index (χ2v) is 6.26. The molecule has 0 aliphatic heterocycles. The van der Waals surface area contributed by atoms with Crippen LogP contribution in [0.5, 0.6) is 0 Å². The second-order valence-electron chi connectivity index (χ2n) is 5.45. The van der Waals surface area contributed by atoms with Crippen LogP contribution in [0.2, 0.25) is 10.0 Å². The second kappa shape index (κ2) is 7.84. The van der Waals surface area contributed by atoms with Gasteiger partial charge in [-0.3, -0.25) is 0 Å². The molecule has 0 saturated heterocycles. The molecule has 2 aromatic rings. The molecule has 0 spiro atoms. The highest BCUT2D eigenvalue weighted by molar-refractivity contribution is 6.42. The van der Waals surface area contributed by atoms with Gasteiger partial charge >= 0.3 is 0 Å². The van der Waals surface area contributed by atoms with Crippen molar-refractivity contribution in [3.8, 4) is 0 Å². The minimum Gasteiger partial charge on any atom is -0.310 e. The first-order valence-electron chi connectivity index (χ1n) is 7.31. The predicted molar refractivity (Wildman–Crippen MR) is 92.4 cm³/mol. The van der Waals surface area contributed by atoms with Crippen LogP contribution < -0.4 is 5.32 Å². The van der Waals surface area contributed by atoms with Crippen LogP contribution in [-0.4, -0.2) is 6.54 Å². The van der Waals surface area contributed by atoms with E-state index in [0.717, 1.165) is 18.5 Å². The van der Waals surface area contributed by atoms with E-state index in [1.54, 1.807) is 0 Å². The summed E-state index contributed by atoms with van der Waals surface area (Å²) in [4.78, 5) is 0. The molecule has 3 heteroatoms. The van der Waals surface area contributed by atoms with Crippen molar-refractivity contribution in [1.82, 2.24) is 5.32 Å². The van der Waals surface area contributed by atoms with E-state index in [1.165, 1.54) is 5.56 Å². The Morgan fingerprint density at radius 2 is 1.62 bits per heavy atom. The molecule has 0 saturated carbocycles. The third-order valence-electron chi connectivity index (χ3n) is 3.84. The Hall–Kier alpha value is -1.02. The van der Waals surface area contributed by atoms with Crippen molar-refractivity contribution in [2.45, 2.75) is 32.2 Å². The molecule has 2 unspecified atom stereocenters. The van der Waals surface area contributed by atoms with Crippen LogP contribution in [0.1, 0.15) is 43.4 Å². The summed E-state index contributed by atoms with van der Waals surface area (Å²) in [6, 6.07) is 16.7. The quantitative estimate of drug-likeness (QED) is 0.704. The maximum atomic E-state index is 6.06. The molecule has 0 radical (unpaired) electrons. The number of hydrogen-bond acceptors (Lipinski definition) is 1. The fraction of sp³-hybridized carbons (Fsp3) is 0.333. The zero-order chi connectivity index (χ0) is 15.2. The first kappa shape index (κ1) is 16.4. The highest BCUT2D eigenvalue weighted by Crippen LogP contribution is 2.25. The van der Waals surface area contributed by atoms with Gasteiger partial charge in [0.2, 0.25) is 0 Å². The Labute approximate surface area is 137 Å². The van der Waals surface area contributed by atoms with Crippen LogP contribution in [0.3, 0.4) is 0 Å². The highest BCUT2D eigenvalue weighted by Gasteiger charge is 2.09. The Bertz CT molecular complexity index is 569. The van der Waals surface area contributed by atoms with Gasteiger partial charge in [-0.05, 0) is 49.1 Å². The van der Waals surface area contributed by atoms with Crippen molar-refractivity contribution in [2.24, 2.45) is 0 Å². The van der Waals surface area contributed by atoms with Crippen molar-refractivity contribution >= 4 is 23.2 Å². The standard InChI is InChI=1S/C18H21Cl2N/c1-13(15-6-4-3-5-7-15)10-11-21-14(2)16-8-9-17(19)18(20)12-16/h3-9,12-14,21H,10-11H2,1-2H3. The van der Waals surface area contributed by atoms with Gasteiger partial charge in [-0.1, -0.05) is 66.5 Å². The normalized spacial score (nSPS) is 13.9. The van der Waals surface area contributed by atoms with Crippen LogP contribution >= 0.6 is 23.2 Å². The predicted octanol–water partition coefficient (Wildman–Crippen LogP) is 5.84. The summed E-state index contributed by atoms with van der Waals surface area (Å²) in [7, 11) is 0. The summed E-state index contributed by atoms with van der Waals surface area (Å²) in [6.07, 6.45) is 1.11. The number of halogens is 2. The number of hydrogen-bond donors (Lipinski definition) is 1. The number of nitrogens with one attached hydrogen (secondary N) is 1. The molecule has 0 heterocycles. The topological polar surface area (TPSA) is 12.0 Å². The molecule has 21 heavy (non-hydrogen) atoms. The summed E-state index contributed by atoms with van der Waals surface area (Å²) in [5, 5.41) is 4.76. The van der Waals surface area contributed by atoms with Crippen LogP contribution in [0, 0.1) is 0 Å². The molecular formula is C18H21Cl2N. The average Bonchev–Trinajstić information content (AvgIpc) is 2.50. The zero-order valence-electron chi connectivity index (χ0n) is 12.4. The molecule has 0 bridgehead atoms. The van der Waals surface area contributed by atoms with E-state index in [1.807, 2.05) is 18.2 Å². The third-order valence-corrected chi connectivity index (χ3v) is 4.58.